The number of benzene rings is 2. The number of Topliss-reactive ketones (excluding diaryl/α,β-unsaturated/α-hetero) is 1. The van der Waals surface area contributed by atoms with Crippen molar-refractivity contribution in [1.82, 2.24) is 0 Å². The zero-order chi connectivity index (χ0) is 15.5. The first-order valence-corrected chi connectivity index (χ1v) is 6.91. The smallest absolute Gasteiger partial charge is 0.226 e. The van der Waals surface area contributed by atoms with E-state index in [9.17, 15) is 9.59 Å². The molecule has 0 radical (unpaired) electrons. The first-order valence-electron chi connectivity index (χ1n) is 6.91. The van der Waals surface area contributed by atoms with Crippen LogP contribution in [0, 0.1) is 0 Å². The summed E-state index contributed by atoms with van der Waals surface area (Å²) in [6, 6.07) is 13.1. The van der Waals surface area contributed by atoms with Gasteiger partial charge in [-0.25, -0.2) is 0 Å². The molecule has 1 unspecified atom stereocenters. The Balaban J connectivity index is 1.85. The van der Waals surface area contributed by atoms with Crippen molar-refractivity contribution in [2.75, 3.05) is 5.32 Å². The van der Waals surface area contributed by atoms with Gasteiger partial charge in [0.25, 0.3) is 0 Å². The van der Waals surface area contributed by atoms with E-state index in [0.29, 0.717) is 35.6 Å². The van der Waals surface area contributed by atoms with Gasteiger partial charge in [-0.3, -0.25) is 9.59 Å². The molecule has 1 N–H and O–H groups in total. The standard InChI is InChI=1S/C17H15NO4/c1-11(20)14-7-13(21-10-12-5-3-2-4-6-12)8-15-17(14)22-16(9-19)18-15/h2-9,16,18H,10H2,1H3. The molecular formula is C17H15NO4. The summed E-state index contributed by atoms with van der Waals surface area (Å²) in [5.74, 6) is 0.807. The Labute approximate surface area is 127 Å². The fourth-order valence-electron chi connectivity index (χ4n) is 2.29. The van der Waals surface area contributed by atoms with Crippen LogP contribution in [0.1, 0.15) is 22.8 Å². The van der Waals surface area contributed by atoms with Gasteiger partial charge in [0, 0.05) is 6.07 Å². The maximum atomic E-state index is 11.8. The summed E-state index contributed by atoms with van der Waals surface area (Å²) in [4.78, 5) is 22.6. The number of carbonyl (C=O) groups excluding carboxylic acids is 2. The summed E-state index contributed by atoms with van der Waals surface area (Å²) in [5.41, 5.74) is 2.02. The highest BCUT2D eigenvalue weighted by atomic mass is 16.5. The second-order valence-corrected chi connectivity index (χ2v) is 5.00. The third-order valence-corrected chi connectivity index (χ3v) is 3.36. The average molecular weight is 297 g/mol. The van der Waals surface area contributed by atoms with E-state index in [2.05, 4.69) is 5.32 Å². The van der Waals surface area contributed by atoms with E-state index in [1.807, 2.05) is 30.3 Å². The van der Waals surface area contributed by atoms with Crippen LogP contribution in [-0.2, 0) is 11.4 Å². The Morgan fingerprint density at radius 1 is 1.32 bits per heavy atom. The number of hydrogen-bond acceptors (Lipinski definition) is 5. The predicted octanol–water partition coefficient (Wildman–Crippen LogP) is 2.80. The minimum atomic E-state index is -0.766. The molecule has 5 heteroatoms. The third-order valence-electron chi connectivity index (χ3n) is 3.36. The van der Waals surface area contributed by atoms with Crippen LogP contribution in [0.15, 0.2) is 42.5 Å². The number of fused-ring (bicyclic) bond motifs is 1. The molecule has 0 aliphatic carbocycles. The Morgan fingerprint density at radius 2 is 2.09 bits per heavy atom. The molecule has 1 atom stereocenters. The topological polar surface area (TPSA) is 64.6 Å². The number of ether oxygens (including phenoxy) is 2. The lowest BCUT2D eigenvalue weighted by Gasteiger charge is -2.10. The fourth-order valence-corrected chi connectivity index (χ4v) is 2.29. The molecule has 0 saturated heterocycles. The van der Waals surface area contributed by atoms with Gasteiger partial charge in [0.1, 0.15) is 12.4 Å². The second kappa shape index (κ2) is 5.89. The molecule has 22 heavy (non-hydrogen) atoms. The Kier molecular flexibility index (Phi) is 3.78. The highest BCUT2D eigenvalue weighted by Crippen LogP contribution is 2.39. The van der Waals surface area contributed by atoms with Crippen LogP contribution in [0.25, 0.3) is 0 Å². The van der Waals surface area contributed by atoms with Crippen molar-refractivity contribution in [2.45, 2.75) is 19.8 Å². The Bertz CT molecular complexity index is 712. The predicted molar refractivity (Wildman–Crippen MR) is 81.3 cm³/mol. The molecule has 0 amide bonds. The zero-order valence-electron chi connectivity index (χ0n) is 12.0. The van der Waals surface area contributed by atoms with E-state index in [4.69, 9.17) is 9.47 Å². The molecule has 3 rings (SSSR count). The van der Waals surface area contributed by atoms with Crippen molar-refractivity contribution in [2.24, 2.45) is 0 Å². The lowest BCUT2D eigenvalue weighted by Crippen LogP contribution is -2.21. The average Bonchev–Trinajstić information content (AvgIpc) is 2.96. The van der Waals surface area contributed by atoms with E-state index >= 15 is 0 Å². The summed E-state index contributed by atoms with van der Waals surface area (Å²) in [7, 11) is 0. The van der Waals surface area contributed by atoms with Gasteiger partial charge in [-0.2, -0.15) is 0 Å². The number of rotatable bonds is 5. The molecule has 0 bridgehead atoms. The van der Waals surface area contributed by atoms with E-state index in [1.54, 1.807) is 12.1 Å². The van der Waals surface area contributed by atoms with Gasteiger partial charge in [0.2, 0.25) is 6.23 Å². The van der Waals surface area contributed by atoms with Gasteiger partial charge in [0.15, 0.2) is 17.8 Å². The largest absolute Gasteiger partial charge is 0.489 e. The molecule has 1 aliphatic heterocycles. The lowest BCUT2D eigenvalue weighted by molar-refractivity contribution is -0.112. The Morgan fingerprint density at radius 3 is 2.77 bits per heavy atom. The van der Waals surface area contributed by atoms with Crippen LogP contribution in [0.2, 0.25) is 0 Å². The summed E-state index contributed by atoms with van der Waals surface area (Å²) in [5, 5.41) is 2.90. The first kappa shape index (κ1) is 14.1. The maximum Gasteiger partial charge on any atom is 0.226 e. The van der Waals surface area contributed by atoms with E-state index in [-0.39, 0.29) is 5.78 Å². The number of aldehydes is 1. The SMILES string of the molecule is CC(=O)c1cc(OCc2ccccc2)cc2c1OC(C=O)N2. The van der Waals surface area contributed by atoms with E-state index in [0.717, 1.165) is 5.56 Å². The highest BCUT2D eigenvalue weighted by molar-refractivity contribution is 6.00. The van der Waals surface area contributed by atoms with Crippen molar-refractivity contribution in [3.8, 4) is 11.5 Å². The molecular weight excluding hydrogens is 282 g/mol. The molecule has 112 valence electrons. The summed E-state index contributed by atoms with van der Waals surface area (Å²) < 4.78 is 11.2. The van der Waals surface area contributed by atoms with Crippen molar-refractivity contribution < 1.29 is 19.1 Å². The van der Waals surface area contributed by atoms with Gasteiger partial charge >= 0.3 is 0 Å². The molecule has 0 saturated carbocycles. The maximum absolute atomic E-state index is 11.8. The summed E-state index contributed by atoms with van der Waals surface area (Å²) in [6.07, 6.45) is -0.119. The van der Waals surface area contributed by atoms with Crippen LogP contribution in [-0.4, -0.2) is 18.3 Å². The molecule has 5 nitrogen and oxygen atoms in total. The zero-order valence-corrected chi connectivity index (χ0v) is 12.0. The molecule has 2 aromatic carbocycles. The van der Waals surface area contributed by atoms with Crippen LogP contribution in [0.5, 0.6) is 11.5 Å². The minimum Gasteiger partial charge on any atom is -0.489 e. The van der Waals surface area contributed by atoms with Crippen LogP contribution in [0.3, 0.4) is 0 Å². The Hall–Kier alpha value is -2.82. The van der Waals surface area contributed by atoms with Gasteiger partial charge in [0.05, 0.1) is 11.3 Å². The molecule has 0 spiro atoms. The van der Waals surface area contributed by atoms with E-state index in [1.165, 1.54) is 6.92 Å². The molecule has 1 heterocycles. The number of ketones is 1. The number of anilines is 1. The fraction of sp³-hybridized carbons (Fsp3) is 0.176. The number of carbonyl (C=O) groups is 2. The number of nitrogens with one attached hydrogen (secondary N) is 1. The van der Waals surface area contributed by atoms with Crippen molar-refractivity contribution in [3.63, 3.8) is 0 Å². The molecule has 0 fully saturated rings. The van der Waals surface area contributed by atoms with Crippen LogP contribution >= 0.6 is 0 Å². The first-order chi connectivity index (χ1) is 10.7. The summed E-state index contributed by atoms with van der Waals surface area (Å²) >= 11 is 0. The quantitative estimate of drug-likeness (QED) is 0.679. The highest BCUT2D eigenvalue weighted by Gasteiger charge is 2.26. The monoisotopic (exact) mass is 297 g/mol. The summed E-state index contributed by atoms with van der Waals surface area (Å²) in [6.45, 7) is 1.85. The van der Waals surface area contributed by atoms with Crippen molar-refractivity contribution in [1.29, 1.82) is 0 Å². The van der Waals surface area contributed by atoms with Gasteiger partial charge in [-0.1, -0.05) is 30.3 Å². The van der Waals surface area contributed by atoms with Gasteiger partial charge in [-0.05, 0) is 18.6 Å². The second-order valence-electron chi connectivity index (χ2n) is 5.00. The van der Waals surface area contributed by atoms with Crippen LogP contribution in [0.4, 0.5) is 5.69 Å². The molecule has 1 aliphatic rings. The minimum absolute atomic E-state index is 0.144. The number of hydrogen-bond donors (Lipinski definition) is 1. The van der Waals surface area contributed by atoms with Gasteiger partial charge in [-0.15, -0.1) is 0 Å². The van der Waals surface area contributed by atoms with E-state index < -0.39 is 6.23 Å². The van der Waals surface area contributed by atoms with Crippen molar-refractivity contribution in [3.05, 3.63) is 53.6 Å². The van der Waals surface area contributed by atoms with Crippen LogP contribution < -0.4 is 14.8 Å². The van der Waals surface area contributed by atoms with Crippen molar-refractivity contribution >= 4 is 17.8 Å². The third kappa shape index (κ3) is 2.79. The van der Waals surface area contributed by atoms with Gasteiger partial charge < -0.3 is 14.8 Å². The molecule has 0 aromatic heterocycles. The molecule has 2 aromatic rings. The lowest BCUT2D eigenvalue weighted by atomic mass is 10.1. The normalized spacial score (nSPS) is 15.4.